The zero-order valence-electron chi connectivity index (χ0n) is 9.75. The molecule has 8 heteroatoms. The SMILES string of the molecule is O=[N+]([O-])c1ccc(-c2ccc([N+](=O)[O-])c(F)c2)cc1F. The maximum atomic E-state index is 13.5. The lowest BCUT2D eigenvalue weighted by Gasteiger charge is -2.03. The number of rotatable bonds is 3. The van der Waals surface area contributed by atoms with Crippen molar-refractivity contribution in [1.82, 2.24) is 0 Å². The Kier molecular flexibility index (Phi) is 3.38. The van der Waals surface area contributed by atoms with Crippen LogP contribution in [0.1, 0.15) is 0 Å². The summed E-state index contributed by atoms with van der Waals surface area (Å²) < 4.78 is 26.9. The minimum atomic E-state index is -1.06. The molecule has 0 heterocycles. The fourth-order valence-electron chi connectivity index (χ4n) is 1.67. The zero-order valence-corrected chi connectivity index (χ0v) is 9.75. The van der Waals surface area contributed by atoms with Gasteiger partial charge in [0.15, 0.2) is 0 Å². The van der Waals surface area contributed by atoms with Crippen LogP contribution in [0.3, 0.4) is 0 Å². The minimum Gasteiger partial charge on any atom is -0.258 e. The zero-order chi connectivity index (χ0) is 14.9. The van der Waals surface area contributed by atoms with Crippen molar-refractivity contribution in [3.8, 4) is 11.1 Å². The second-order valence-electron chi connectivity index (χ2n) is 3.85. The van der Waals surface area contributed by atoms with Gasteiger partial charge in [0.1, 0.15) is 0 Å². The molecule has 0 aromatic heterocycles. The molecule has 2 aromatic carbocycles. The van der Waals surface area contributed by atoms with Gasteiger partial charge in [0.25, 0.3) is 0 Å². The highest BCUT2D eigenvalue weighted by atomic mass is 19.1. The average Bonchev–Trinajstić information content (AvgIpc) is 2.37. The van der Waals surface area contributed by atoms with E-state index in [1.165, 1.54) is 12.1 Å². The molecule has 2 aromatic rings. The molecule has 0 aliphatic heterocycles. The second-order valence-corrected chi connectivity index (χ2v) is 3.85. The van der Waals surface area contributed by atoms with Crippen molar-refractivity contribution in [2.45, 2.75) is 0 Å². The Morgan fingerprint density at radius 1 is 0.750 bits per heavy atom. The van der Waals surface area contributed by atoms with Crippen LogP contribution >= 0.6 is 0 Å². The molecule has 20 heavy (non-hydrogen) atoms. The predicted octanol–water partition coefficient (Wildman–Crippen LogP) is 3.45. The molecule has 0 fully saturated rings. The van der Waals surface area contributed by atoms with Crippen molar-refractivity contribution in [3.63, 3.8) is 0 Å². The van der Waals surface area contributed by atoms with Gasteiger partial charge in [-0.05, 0) is 35.4 Å². The molecule has 0 atom stereocenters. The fourth-order valence-corrected chi connectivity index (χ4v) is 1.67. The Morgan fingerprint density at radius 3 is 1.35 bits per heavy atom. The van der Waals surface area contributed by atoms with E-state index in [1.807, 2.05) is 0 Å². The van der Waals surface area contributed by atoms with Crippen LogP contribution in [0.5, 0.6) is 0 Å². The fraction of sp³-hybridized carbons (Fsp3) is 0. The van der Waals surface area contributed by atoms with E-state index in [4.69, 9.17) is 0 Å². The van der Waals surface area contributed by atoms with Gasteiger partial charge in [-0.15, -0.1) is 0 Å². The summed E-state index contributed by atoms with van der Waals surface area (Å²) >= 11 is 0. The molecule has 0 unspecified atom stereocenters. The van der Waals surface area contributed by atoms with Gasteiger partial charge in [0.05, 0.1) is 9.85 Å². The Bertz CT molecular complexity index is 657. The van der Waals surface area contributed by atoms with Crippen LogP contribution in [-0.2, 0) is 0 Å². The van der Waals surface area contributed by atoms with Gasteiger partial charge in [-0.3, -0.25) is 20.2 Å². The lowest BCUT2D eigenvalue weighted by Crippen LogP contribution is -1.94. The van der Waals surface area contributed by atoms with Gasteiger partial charge in [0.2, 0.25) is 11.6 Å². The molecule has 0 spiro atoms. The molecule has 0 aliphatic rings. The number of benzene rings is 2. The standard InChI is InChI=1S/C12H6F2N2O4/c13-9-5-7(1-3-11(9)15(17)18)8-2-4-12(16(19)20)10(14)6-8/h1-6H. The van der Waals surface area contributed by atoms with Crippen LogP contribution in [0.4, 0.5) is 20.2 Å². The Hall–Kier alpha value is -2.90. The van der Waals surface area contributed by atoms with Crippen LogP contribution in [0.2, 0.25) is 0 Å². The Balaban J connectivity index is 2.47. The van der Waals surface area contributed by atoms with E-state index in [-0.39, 0.29) is 11.1 Å². The maximum absolute atomic E-state index is 13.5. The van der Waals surface area contributed by atoms with E-state index in [9.17, 15) is 29.0 Å². The Morgan fingerprint density at radius 2 is 1.10 bits per heavy atom. The molecule has 0 aliphatic carbocycles. The first-order valence-corrected chi connectivity index (χ1v) is 5.28. The van der Waals surface area contributed by atoms with Gasteiger partial charge >= 0.3 is 11.4 Å². The average molecular weight is 280 g/mol. The first-order chi connectivity index (χ1) is 9.40. The number of halogens is 2. The van der Waals surface area contributed by atoms with Crippen LogP contribution in [0, 0.1) is 31.9 Å². The molecule has 2 rings (SSSR count). The van der Waals surface area contributed by atoms with Crippen molar-refractivity contribution in [2.24, 2.45) is 0 Å². The summed E-state index contributed by atoms with van der Waals surface area (Å²) in [6.07, 6.45) is 0. The van der Waals surface area contributed by atoms with Gasteiger partial charge in [-0.25, -0.2) is 0 Å². The van der Waals surface area contributed by atoms with Crippen LogP contribution in [-0.4, -0.2) is 9.85 Å². The lowest BCUT2D eigenvalue weighted by molar-refractivity contribution is -0.387. The maximum Gasteiger partial charge on any atom is 0.304 e. The number of hydrogen-bond acceptors (Lipinski definition) is 4. The summed E-state index contributed by atoms with van der Waals surface area (Å²) in [5.74, 6) is -2.13. The molecule has 0 bridgehead atoms. The molecule has 0 radical (unpaired) electrons. The molecule has 102 valence electrons. The third-order valence-corrected chi connectivity index (χ3v) is 2.62. The van der Waals surface area contributed by atoms with E-state index < -0.39 is 32.9 Å². The summed E-state index contributed by atoms with van der Waals surface area (Å²) in [6.45, 7) is 0. The van der Waals surface area contributed by atoms with Crippen molar-refractivity contribution >= 4 is 11.4 Å². The van der Waals surface area contributed by atoms with Crippen LogP contribution in [0.25, 0.3) is 11.1 Å². The second kappa shape index (κ2) is 5.00. The summed E-state index contributed by atoms with van der Waals surface area (Å²) in [7, 11) is 0. The van der Waals surface area contributed by atoms with Gasteiger partial charge in [-0.1, -0.05) is 0 Å². The monoisotopic (exact) mass is 280 g/mol. The quantitative estimate of drug-likeness (QED) is 0.636. The van der Waals surface area contributed by atoms with Crippen molar-refractivity contribution in [3.05, 3.63) is 68.3 Å². The number of nitrogens with zero attached hydrogens (tertiary/aromatic N) is 2. The molecule has 0 amide bonds. The smallest absolute Gasteiger partial charge is 0.258 e. The molecule has 0 saturated heterocycles. The van der Waals surface area contributed by atoms with E-state index in [1.54, 1.807) is 0 Å². The normalized spacial score (nSPS) is 10.3. The van der Waals surface area contributed by atoms with Crippen molar-refractivity contribution < 1.29 is 18.6 Å². The van der Waals surface area contributed by atoms with E-state index >= 15 is 0 Å². The van der Waals surface area contributed by atoms with Crippen molar-refractivity contribution in [1.29, 1.82) is 0 Å². The van der Waals surface area contributed by atoms with Gasteiger partial charge in [0, 0.05) is 12.1 Å². The molecular weight excluding hydrogens is 274 g/mol. The number of nitro benzene ring substituents is 2. The largest absolute Gasteiger partial charge is 0.304 e. The van der Waals surface area contributed by atoms with E-state index in [0.29, 0.717) is 0 Å². The predicted molar refractivity (Wildman–Crippen MR) is 65.1 cm³/mol. The molecule has 0 saturated carbocycles. The molecule has 0 N–H and O–H groups in total. The lowest BCUT2D eigenvalue weighted by atomic mass is 10.0. The summed E-state index contributed by atoms with van der Waals surface area (Å²) in [5, 5.41) is 20.9. The summed E-state index contributed by atoms with van der Waals surface area (Å²) in [4.78, 5) is 19.2. The summed E-state index contributed by atoms with van der Waals surface area (Å²) in [6, 6.07) is 6.12. The topological polar surface area (TPSA) is 86.3 Å². The van der Waals surface area contributed by atoms with Crippen LogP contribution < -0.4 is 0 Å². The highest BCUT2D eigenvalue weighted by Crippen LogP contribution is 2.28. The first kappa shape index (κ1) is 13.5. The number of nitro groups is 2. The van der Waals surface area contributed by atoms with Crippen molar-refractivity contribution in [2.75, 3.05) is 0 Å². The molecule has 6 nitrogen and oxygen atoms in total. The highest BCUT2D eigenvalue weighted by Gasteiger charge is 2.17. The van der Waals surface area contributed by atoms with Crippen LogP contribution in [0.15, 0.2) is 36.4 Å². The van der Waals surface area contributed by atoms with Gasteiger partial charge in [-0.2, -0.15) is 8.78 Å². The van der Waals surface area contributed by atoms with E-state index in [0.717, 1.165) is 24.3 Å². The third-order valence-electron chi connectivity index (χ3n) is 2.62. The van der Waals surface area contributed by atoms with Gasteiger partial charge < -0.3 is 0 Å². The van der Waals surface area contributed by atoms with E-state index in [2.05, 4.69) is 0 Å². The third kappa shape index (κ3) is 2.44. The summed E-state index contributed by atoms with van der Waals surface area (Å²) in [5.41, 5.74) is -1.03. The molecular formula is C12H6F2N2O4. The Labute approximate surface area is 110 Å². The minimum absolute atomic E-state index is 0.182. The number of hydrogen-bond donors (Lipinski definition) is 0. The highest BCUT2D eigenvalue weighted by molar-refractivity contribution is 5.66. The first-order valence-electron chi connectivity index (χ1n) is 5.28.